The molecule has 17 heavy (non-hydrogen) atoms. The van der Waals surface area contributed by atoms with Crippen molar-refractivity contribution in [1.29, 1.82) is 0 Å². The van der Waals surface area contributed by atoms with E-state index < -0.39 is 0 Å². The van der Waals surface area contributed by atoms with Gasteiger partial charge in [0.2, 0.25) is 0 Å². The van der Waals surface area contributed by atoms with Crippen LogP contribution in [0, 0.1) is 0 Å². The molecule has 0 saturated carbocycles. The third kappa shape index (κ3) is 5.00. The van der Waals surface area contributed by atoms with E-state index in [9.17, 15) is 0 Å². The zero-order valence-corrected chi connectivity index (χ0v) is 12.0. The van der Waals surface area contributed by atoms with Gasteiger partial charge in [-0.3, -0.25) is 0 Å². The van der Waals surface area contributed by atoms with Crippen molar-refractivity contribution in [2.75, 3.05) is 0 Å². The summed E-state index contributed by atoms with van der Waals surface area (Å²) >= 11 is 0.302. The van der Waals surface area contributed by atoms with Gasteiger partial charge in [0.1, 0.15) is 0 Å². The Morgan fingerprint density at radius 2 is 1.53 bits per heavy atom. The Kier molecular flexibility index (Phi) is 5.72. The molecular formula is C16H20Ru. The van der Waals surface area contributed by atoms with Crippen molar-refractivity contribution < 1.29 is 17.1 Å². The summed E-state index contributed by atoms with van der Waals surface area (Å²) < 4.78 is 3.36. The van der Waals surface area contributed by atoms with Gasteiger partial charge >= 0.3 is 113 Å². The molecule has 0 N–H and O–H groups in total. The maximum absolute atomic E-state index is 2.37. The maximum atomic E-state index is 2.37. The zero-order valence-electron chi connectivity index (χ0n) is 10.2. The van der Waals surface area contributed by atoms with Crippen LogP contribution in [0.15, 0.2) is 56.9 Å². The van der Waals surface area contributed by atoms with Crippen molar-refractivity contribution >= 4 is 0 Å². The van der Waals surface area contributed by atoms with Crippen LogP contribution in [-0.4, -0.2) is 0 Å². The molecule has 0 fully saturated rings. The molecule has 0 unspecified atom stereocenters. The summed E-state index contributed by atoms with van der Waals surface area (Å²) in [5.74, 6) is 0. The van der Waals surface area contributed by atoms with E-state index in [4.69, 9.17) is 0 Å². The minimum absolute atomic E-state index is 0.302. The van der Waals surface area contributed by atoms with Crippen molar-refractivity contribution in [3.05, 3.63) is 56.9 Å². The first-order valence-electron chi connectivity index (χ1n) is 6.45. The average molecular weight is 313 g/mol. The van der Waals surface area contributed by atoms with Gasteiger partial charge in [0.25, 0.3) is 0 Å². The van der Waals surface area contributed by atoms with Crippen LogP contribution >= 0.6 is 0 Å². The number of hydrogen-bond donors (Lipinski definition) is 0. The number of hydrogen-bond acceptors (Lipinski definition) is 0. The van der Waals surface area contributed by atoms with Crippen LogP contribution in [0.3, 0.4) is 0 Å². The fourth-order valence-electron chi connectivity index (χ4n) is 1.89. The molecule has 2 aliphatic rings. The van der Waals surface area contributed by atoms with E-state index in [1.165, 1.54) is 38.5 Å². The fourth-order valence-corrected chi connectivity index (χ4v) is 4.23. The van der Waals surface area contributed by atoms with Gasteiger partial charge in [0.15, 0.2) is 0 Å². The SMILES string of the molecule is C1=CC=[C]([Ru][C]2=CC=CCCCC2)CCC=C1. The Morgan fingerprint density at radius 3 is 2.53 bits per heavy atom. The molecule has 0 radical (unpaired) electrons. The van der Waals surface area contributed by atoms with E-state index in [2.05, 4.69) is 48.6 Å². The predicted molar refractivity (Wildman–Crippen MR) is 71.3 cm³/mol. The molecule has 0 atom stereocenters. The van der Waals surface area contributed by atoms with Crippen LogP contribution in [0.5, 0.6) is 0 Å². The molecule has 2 aliphatic carbocycles. The first kappa shape index (κ1) is 12.8. The Bertz CT molecular complexity index is 380. The van der Waals surface area contributed by atoms with Crippen molar-refractivity contribution in [3.8, 4) is 0 Å². The van der Waals surface area contributed by atoms with E-state index in [1.807, 2.05) is 0 Å². The molecule has 1 heteroatoms. The molecule has 0 aromatic carbocycles. The molecular weight excluding hydrogens is 293 g/mol. The topological polar surface area (TPSA) is 0 Å². The Morgan fingerprint density at radius 1 is 0.706 bits per heavy atom. The molecule has 2 rings (SSSR count). The third-order valence-corrected chi connectivity index (χ3v) is 5.41. The van der Waals surface area contributed by atoms with Crippen LogP contribution in [0.4, 0.5) is 0 Å². The van der Waals surface area contributed by atoms with E-state index in [-0.39, 0.29) is 0 Å². The molecule has 0 spiro atoms. The van der Waals surface area contributed by atoms with Gasteiger partial charge in [-0.15, -0.1) is 0 Å². The summed E-state index contributed by atoms with van der Waals surface area (Å²) in [5.41, 5.74) is 0. The van der Waals surface area contributed by atoms with Gasteiger partial charge in [-0.25, -0.2) is 0 Å². The number of rotatable bonds is 2. The number of allylic oxidation sites excluding steroid dienone is 10. The van der Waals surface area contributed by atoms with E-state index in [0.717, 1.165) is 0 Å². The summed E-state index contributed by atoms with van der Waals surface area (Å²) in [6, 6.07) is 0. The minimum atomic E-state index is 0.302. The molecule has 92 valence electrons. The van der Waals surface area contributed by atoms with E-state index in [1.54, 1.807) is 8.33 Å². The fraction of sp³-hybridized carbons (Fsp3) is 0.375. The second kappa shape index (κ2) is 7.61. The summed E-state index contributed by atoms with van der Waals surface area (Å²) in [6.07, 6.45) is 25.8. The third-order valence-electron chi connectivity index (χ3n) is 2.84. The molecule has 0 amide bonds. The van der Waals surface area contributed by atoms with Crippen molar-refractivity contribution in [3.63, 3.8) is 0 Å². The Labute approximate surface area is 112 Å². The molecule has 0 heterocycles. The Hall–Kier alpha value is -0.677. The summed E-state index contributed by atoms with van der Waals surface area (Å²) in [6.45, 7) is 0. The summed E-state index contributed by atoms with van der Waals surface area (Å²) in [5, 5.41) is 0. The average Bonchev–Trinajstić information content (AvgIpc) is 2.24. The molecule has 0 bridgehead atoms. The normalized spacial score (nSPS) is 21.2. The van der Waals surface area contributed by atoms with Gasteiger partial charge in [-0.2, -0.15) is 0 Å². The molecule has 0 aliphatic heterocycles. The van der Waals surface area contributed by atoms with Gasteiger partial charge in [-0.1, -0.05) is 0 Å². The van der Waals surface area contributed by atoms with Crippen LogP contribution < -0.4 is 0 Å². The van der Waals surface area contributed by atoms with Gasteiger partial charge in [0, 0.05) is 0 Å². The standard InChI is InChI=1S/C8H11.C8H9.Ru/c2*1-2-4-6-8-7-5-3-1;/h1-3H,4,6-8H2;1-5H,6,8H2;. The zero-order chi connectivity index (χ0) is 11.8. The predicted octanol–water partition coefficient (Wildman–Crippen LogP) is 4.87. The van der Waals surface area contributed by atoms with Gasteiger partial charge in [-0.05, 0) is 0 Å². The Balaban J connectivity index is 1.98. The first-order valence-corrected chi connectivity index (χ1v) is 8.19. The quantitative estimate of drug-likeness (QED) is 0.638. The van der Waals surface area contributed by atoms with E-state index in [0.29, 0.717) is 17.1 Å². The summed E-state index contributed by atoms with van der Waals surface area (Å²) in [4.78, 5) is 0. The monoisotopic (exact) mass is 314 g/mol. The first-order chi connectivity index (χ1) is 8.45. The second-order valence-corrected chi connectivity index (χ2v) is 6.98. The molecule has 0 saturated heterocycles. The van der Waals surface area contributed by atoms with Gasteiger partial charge in [0.05, 0.1) is 0 Å². The second-order valence-electron chi connectivity index (χ2n) is 4.31. The molecule has 0 nitrogen and oxygen atoms in total. The van der Waals surface area contributed by atoms with Gasteiger partial charge < -0.3 is 0 Å². The van der Waals surface area contributed by atoms with Crippen molar-refractivity contribution in [2.45, 2.75) is 38.5 Å². The molecule has 0 aromatic heterocycles. The van der Waals surface area contributed by atoms with E-state index >= 15 is 0 Å². The van der Waals surface area contributed by atoms with Crippen LogP contribution in [0.2, 0.25) is 0 Å². The van der Waals surface area contributed by atoms with Crippen LogP contribution in [0.25, 0.3) is 0 Å². The van der Waals surface area contributed by atoms with Crippen LogP contribution in [-0.2, 0) is 17.1 Å². The molecule has 0 aromatic rings. The van der Waals surface area contributed by atoms with Crippen molar-refractivity contribution in [2.24, 2.45) is 0 Å². The summed E-state index contributed by atoms with van der Waals surface area (Å²) in [7, 11) is 0. The van der Waals surface area contributed by atoms with Crippen molar-refractivity contribution in [1.82, 2.24) is 0 Å². The van der Waals surface area contributed by atoms with Crippen LogP contribution in [0.1, 0.15) is 38.5 Å².